The van der Waals surface area contributed by atoms with Gasteiger partial charge < -0.3 is 24.5 Å². The highest BCUT2D eigenvalue weighted by atomic mass is 32.2. The Morgan fingerprint density at radius 2 is 1.65 bits per heavy atom. The Balaban J connectivity index is 1.08. The van der Waals surface area contributed by atoms with E-state index in [0.717, 1.165) is 27.5 Å². The molecule has 11 nitrogen and oxygen atoms in total. The van der Waals surface area contributed by atoms with Crippen molar-refractivity contribution in [1.82, 2.24) is 4.98 Å². The van der Waals surface area contributed by atoms with Crippen LogP contribution >= 0.6 is 23.1 Å². The number of hydrogen-bond acceptors (Lipinski definition) is 10. The van der Waals surface area contributed by atoms with Gasteiger partial charge in [-0.25, -0.2) is 4.79 Å². The minimum Gasteiger partial charge on any atom is -0.490 e. The molecule has 4 aromatic rings. The number of anilines is 2. The molecule has 3 aromatic carbocycles. The van der Waals surface area contributed by atoms with Crippen LogP contribution in [0.25, 0.3) is 0 Å². The zero-order valence-electron chi connectivity index (χ0n) is 28.8. The minimum atomic E-state index is -0.482. The van der Waals surface area contributed by atoms with Crippen LogP contribution in [0.3, 0.4) is 0 Å². The SMILES string of the molecule is CCOC(=O)c1ccc(N2C(=O)C3C(C2=O)[C@@H]2C[C@H]3C3Sc4[nH]c(=O)sc4[C@H](c4ccc(OCC(=O)Nc5ccccc5C)c(OCC)c4)C32)cc1. The predicted octanol–water partition coefficient (Wildman–Crippen LogP) is 6.02. The van der Waals surface area contributed by atoms with Gasteiger partial charge in [0.15, 0.2) is 18.1 Å². The van der Waals surface area contributed by atoms with Gasteiger partial charge in [-0.15, -0.1) is 11.8 Å². The lowest BCUT2D eigenvalue weighted by atomic mass is 9.68. The van der Waals surface area contributed by atoms with E-state index in [-0.39, 0.29) is 64.7 Å². The molecular formula is C39H37N3O8S2. The van der Waals surface area contributed by atoms with Crippen molar-refractivity contribution in [3.8, 4) is 11.5 Å². The van der Waals surface area contributed by atoms with Crippen molar-refractivity contribution in [3.63, 3.8) is 0 Å². The molecule has 268 valence electrons. The van der Waals surface area contributed by atoms with Crippen molar-refractivity contribution in [3.05, 3.63) is 98.0 Å². The average Bonchev–Trinajstić information content (AvgIpc) is 3.87. The molecule has 2 aliphatic heterocycles. The summed E-state index contributed by atoms with van der Waals surface area (Å²) >= 11 is 2.80. The molecule has 1 aromatic heterocycles. The Morgan fingerprint density at radius 1 is 0.904 bits per heavy atom. The number of carbonyl (C=O) groups excluding carboxylic acids is 4. The lowest BCUT2D eigenvalue weighted by Gasteiger charge is -2.43. The zero-order chi connectivity index (χ0) is 36.3. The molecule has 3 fully saturated rings. The molecule has 2 saturated carbocycles. The third kappa shape index (κ3) is 5.70. The molecule has 2 N–H and O–H groups in total. The van der Waals surface area contributed by atoms with Crippen LogP contribution < -0.4 is 24.6 Å². The van der Waals surface area contributed by atoms with Crippen LogP contribution in [0.15, 0.2) is 76.6 Å². The van der Waals surface area contributed by atoms with Gasteiger partial charge in [0, 0.05) is 21.7 Å². The van der Waals surface area contributed by atoms with E-state index in [1.165, 1.54) is 16.2 Å². The van der Waals surface area contributed by atoms with Crippen LogP contribution in [0.4, 0.5) is 11.4 Å². The fourth-order valence-corrected chi connectivity index (χ4v) is 11.6. The molecular weight excluding hydrogens is 703 g/mol. The number of rotatable bonds is 10. The van der Waals surface area contributed by atoms with E-state index in [1.807, 2.05) is 50.2 Å². The van der Waals surface area contributed by atoms with E-state index in [2.05, 4.69) is 10.3 Å². The summed E-state index contributed by atoms with van der Waals surface area (Å²) in [6.45, 7) is 5.93. The maximum absolute atomic E-state index is 14.2. The highest BCUT2D eigenvalue weighted by molar-refractivity contribution is 8.00. The van der Waals surface area contributed by atoms with Crippen LogP contribution in [0.1, 0.15) is 52.5 Å². The highest BCUT2D eigenvalue weighted by Gasteiger charge is 2.69. The summed E-state index contributed by atoms with van der Waals surface area (Å²) in [5.74, 6) is -1.60. The maximum atomic E-state index is 14.2. The lowest BCUT2D eigenvalue weighted by Crippen LogP contribution is -2.42. The van der Waals surface area contributed by atoms with E-state index < -0.39 is 17.8 Å². The lowest BCUT2D eigenvalue weighted by molar-refractivity contribution is -0.123. The molecule has 3 heterocycles. The number of para-hydroxylation sites is 1. The van der Waals surface area contributed by atoms with Gasteiger partial charge in [-0.3, -0.25) is 24.1 Å². The number of imide groups is 1. The molecule has 2 aliphatic carbocycles. The summed E-state index contributed by atoms with van der Waals surface area (Å²) in [6, 6.07) is 19.6. The topological polar surface area (TPSA) is 144 Å². The number of aryl methyl sites for hydroxylation is 1. The second-order valence-electron chi connectivity index (χ2n) is 13.5. The third-order valence-corrected chi connectivity index (χ3v) is 13.4. The average molecular weight is 740 g/mol. The number of benzene rings is 3. The van der Waals surface area contributed by atoms with Crippen LogP contribution in [-0.2, 0) is 19.1 Å². The standard InChI is InChI=1S/C39H37N3O8S2/c1-4-48-27-16-21(12-15-26(27)50-18-28(43)40-25-9-7-6-8-19(25)3)29-30-23-17-24(33(30)51-35-34(29)52-39(47)41-35)32-31(23)36(44)42(37(32)45)22-13-10-20(11-14-22)38(46)49-5-2/h6-16,23-24,29-33H,4-5,17-18H2,1-3H3,(H,40,43)(H,41,47)/t23-,24-,29-,30?,31?,32?,33?/m1/s1. The zero-order valence-corrected chi connectivity index (χ0v) is 30.4. The quantitative estimate of drug-likeness (QED) is 0.148. The number of ether oxygens (including phenoxy) is 3. The number of nitrogens with zero attached hydrogens (tertiary/aromatic N) is 1. The first-order chi connectivity index (χ1) is 25.2. The van der Waals surface area contributed by atoms with Crippen molar-refractivity contribution in [1.29, 1.82) is 0 Å². The number of amides is 3. The van der Waals surface area contributed by atoms with Gasteiger partial charge in [0.05, 0.1) is 41.3 Å². The van der Waals surface area contributed by atoms with Crippen molar-refractivity contribution in [2.24, 2.45) is 29.6 Å². The minimum absolute atomic E-state index is 0.00787. The molecule has 1 saturated heterocycles. The number of H-pyrrole nitrogens is 1. The van der Waals surface area contributed by atoms with Crippen LogP contribution in [-0.4, -0.2) is 53.7 Å². The largest absolute Gasteiger partial charge is 0.490 e. The Kier molecular flexibility index (Phi) is 8.94. The molecule has 13 heteroatoms. The first-order valence-electron chi connectivity index (χ1n) is 17.5. The van der Waals surface area contributed by atoms with Crippen molar-refractivity contribution in [2.75, 3.05) is 30.0 Å². The summed E-state index contributed by atoms with van der Waals surface area (Å²) in [6.07, 6.45) is 0.746. The van der Waals surface area contributed by atoms with Gasteiger partial charge in [0.2, 0.25) is 11.8 Å². The molecule has 3 amide bonds. The summed E-state index contributed by atoms with van der Waals surface area (Å²) in [7, 11) is 0. The number of aromatic amines is 1. The van der Waals surface area contributed by atoms with Gasteiger partial charge in [-0.2, -0.15) is 0 Å². The summed E-state index contributed by atoms with van der Waals surface area (Å²) in [5, 5.41) is 3.70. The van der Waals surface area contributed by atoms with Gasteiger partial charge in [-0.1, -0.05) is 35.6 Å². The Bertz CT molecular complexity index is 2150. The summed E-state index contributed by atoms with van der Waals surface area (Å²) < 4.78 is 17.1. The number of nitrogens with one attached hydrogen (secondary N) is 2. The van der Waals surface area contributed by atoms with E-state index >= 15 is 0 Å². The molecule has 7 atom stereocenters. The number of carbonyl (C=O) groups is 4. The van der Waals surface area contributed by atoms with E-state index in [4.69, 9.17) is 14.2 Å². The molecule has 52 heavy (non-hydrogen) atoms. The fraction of sp³-hybridized carbons (Fsp3) is 0.359. The molecule has 4 aliphatic rings. The number of thioether (sulfide) groups is 1. The molecule has 4 unspecified atom stereocenters. The number of thiazole rings is 1. The number of hydrogen-bond donors (Lipinski definition) is 2. The van der Waals surface area contributed by atoms with Crippen LogP contribution in [0.5, 0.6) is 11.5 Å². The number of aromatic nitrogens is 1. The van der Waals surface area contributed by atoms with Crippen molar-refractivity contribution >= 4 is 58.2 Å². The monoisotopic (exact) mass is 739 g/mol. The van der Waals surface area contributed by atoms with Gasteiger partial charge in [-0.05, 0) is 98.5 Å². The first-order valence-corrected chi connectivity index (χ1v) is 19.2. The second-order valence-corrected chi connectivity index (χ2v) is 15.7. The normalized spacial score (nSPS) is 25.4. The van der Waals surface area contributed by atoms with Gasteiger partial charge in [0.25, 0.3) is 5.91 Å². The van der Waals surface area contributed by atoms with Crippen LogP contribution in [0.2, 0.25) is 0 Å². The van der Waals surface area contributed by atoms with E-state index in [0.29, 0.717) is 35.0 Å². The second kappa shape index (κ2) is 13.6. The molecule has 0 radical (unpaired) electrons. The number of esters is 1. The van der Waals surface area contributed by atoms with Crippen molar-refractivity contribution < 1.29 is 33.4 Å². The Labute approximate surface area is 308 Å². The van der Waals surface area contributed by atoms with Crippen molar-refractivity contribution in [2.45, 2.75) is 43.4 Å². The predicted molar refractivity (Wildman–Crippen MR) is 196 cm³/mol. The third-order valence-electron chi connectivity index (χ3n) is 10.8. The fourth-order valence-electron chi connectivity index (χ4n) is 8.75. The maximum Gasteiger partial charge on any atom is 0.338 e. The molecule has 0 spiro atoms. The molecule has 8 rings (SSSR count). The summed E-state index contributed by atoms with van der Waals surface area (Å²) in [4.78, 5) is 71.2. The van der Waals surface area contributed by atoms with E-state index in [9.17, 15) is 24.0 Å². The Morgan fingerprint density at radius 3 is 2.38 bits per heavy atom. The van der Waals surface area contributed by atoms with Gasteiger partial charge in [0.1, 0.15) is 0 Å². The van der Waals surface area contributed by atoms with E-state index in [1.54, 1.807) is 49.0 Å². The van der Waals surface area contributed by atoms with Gasteiger partial charge >= 0.3 is 10.8 Å². The first kappa shape index (κ1) is 34.2. The smallest absolute Gasteiger partial charge is 0.338 e. The number of fused-ring (bicyclic) bond motifs is 9. The van der Waals surface area contributed by atoms with Crippen LogP contribution in [0, 0.1) is 36.5 Å². The molecule has 2 bridgehead atoms. The highest BCUT2D eigenvalue weighted by Crippen LogP contribution is 2.68. The summed E-state index contributed by atoms with van der Waals surface area (Å²) in [5.41, 5.74) is 3.37. The Hall–Kier alpha value is -4.88.